The first-order chi connectivity index (χ1) is 9.81. The Morgan fingerprint density at radius 3 is 2.65 bits per heavy atom. The van der Waals surface area contributed by atoms with E-state index in [1.165, 1.54) is 38.5 Å². The van der Waals surface area contributed by atoms with E-state index < -0.39 is 0 Å². The van der Waals surface area contributed by atoms with Gasteiger partial charge in [-0.2, -0.15) is 0 Å². The SMILES string of the molecule is CC1CCCC(NC2CCN(c3ccccn3)CC2)C1. The summed E-state index contributed by atoms with van der Waals surface area (Å²) in [6.07, 6.45) is 9.99. The van der Waals surface area contributed by atoms with E-state index in [1.54, 1.807) is 0 Å². The minimum absolute atomic E-state index is 0.713. The van der Waals surface area contributed by atoms with E-state index in [0.717, 1.165) is 30.9 Å². The highest BCUT2D eigenvalue weighted by Gasteiger charge is 2.24. The van der Waals surface area contributed by atoms with Crippen molar-refractivity contribution in [3.63, 3.8) is 0 Å². The van der Waals surface area contributed by atoms with Gasteiger partial charge in [0.2, 0.25) is 0 Å². The van der Waals surface area contributed by atoms with E-state index in [0.29, 0.717) is 6.04 Å². The summed E-state index contributed by atoms with van der Waals surface area (Å²) in [5, 5.41) is 3.91. The van der Waals surface area contributed by atoms with Crippen LogP contribution in [0.4, 0.5) is 5.82 Å². The Labute approximate surface area is 122 Å². The molecule has 20 heavy (non-hydrogen) atoms. The van der Waals surface area contributed by atoms with Crippen LogP contribution in [0.15, 0.2) is 24.4 Å². The highest BCUT2D eigenvalue weighted by Crippen LogP contribution is 2.25. The third-order valence-electron chi connectivity index (χ3n) is 4.88. The van der Waals surface area contributed by atoms with Crippen LogP contribution in [0.5, 0.6) is 0 Å². The van der Waals surface area contributed by atoms with Gasteiger partial charge < -0.3 is 10.2 Å². The maximum Gasteiger partial charge on any atom is 0.128 e. The summed E-state index contributed by atoms with van der Waals surface area (Å²) >= 11 is 0. The van der Waals surface area contributed by atoms with Crippen LogP contribution in [0, 0.1) is 5.92 Å². The average Bonchev–Trinajstić information content (AvgIpc) is 2.49. The summed E-state index contributed by atoms with van der Waals surface area (Å²) < 4.78 is 0. The van der Waals surface area contributed by atoms with Gasteiger partial charge in [0.05, 0.1) is 0 Å². The molecule has 2 unspecified atom stereocenters. The molecular weight excluding hydrogens is 246 g/mol. The number of hydrogen-bond acceptors (Lipinski definition) is 3. The molecule has 3 rings (SSSR count). The number of piperidine rings is 1. The van der Waals surface area contributed by atoms with Gasteiger partial charge >= 0.3 is 0 Å². The van der Waals surface area contributed by atoms with Crippen LogP contribution in [0.3, 0.4) is 0 Å². The van der Waals surface area contributed by atoms with E-state index >= 15 is 0 Å². The topological polar surface area (TPSA) is 28.2 Å². The Morgan fingerprint density at radius 2 is 1.95 bits per heavy atom. The molecule has 2 fully saturated rings. The van der Waals surface area contributed by atoms with Gasteiger partial charge in [-0.15, -0.1) is 0 Å². The smallest absolute Gasteiger partial charge is 0.128 e. The molecule has 0 radical (unpaired) electrons. The molecule has 2 heterocycles. The van der Waals surface area contributed by atoms with Gasteiger partial charge in [0.1, 0.15) is 5.82 Å². The predicted molar refractivity (Wildman–Crippen MR) is 84.0 cm³/mol. The van der Waals surface area contributed by atoms with Gasteiger partial charge in [0, 0.05) is 31.4 Å². The lowest BCUT2D eigenvalue weighted by Gasteiger charge is -2.37. The molecule has 110 valence electrons. The van der Waals surface area contributed by atoms with Crippen LogP contribution in [-0.4, -0.2) is 30.2 Å². The van der Waals surface area contributed by atoms with Crippen LogP contribution in [0.25, 0.3) is 0 Å². The van der Waals surface area contributed by atoms with E-state index in [1.807, 2.05) is 12.3 Å². The fourth-order valence-electron chi connectivity index (χ4n) is 3.73. The standard InChI is InChI=1S/C17H27N3/c1-14-5-4-6-16(13-14)19-15-8-11-20(12-9-15)17-7-2-3-10-18-17/h2-3,7,10,14-16,19H,4-6,8-9,11-13H2,1H3. The number of rotatable bonds is 3. The molecule has 1 aliphatic heterocycles. The van der Waals surface area contributed by atoms with Gasteiger partial charge in [-0.1, -0.05) is 25.8 Å². The zero-order valence-corrected chi connectivity index (χ0v) is 12.6. The second-order valence-corrected chi connectivity index (χ2v) is 6.58. The fraction of sp³-hybridized carbons (Fsp3) is 0.706. The van der Waals surface area contributed by atoms with E-state index in [-0.39, 0.29) is 0 Å². The number of nitrogens with one attached hydrogen (secondary N) is 1. The second-order valence-electron chi connectivity index (χ2n) is 6.58. The Bertz CT molecular complexity index is 398. The lowest BCUT2D eigenvalue weighted by atomic mass is 9.86. The van der Waals surface area contributed by atoms with Crippen LogP contribution >= 0.6 is 0 Å². The molecule has 0 spiro atoms. The second kappa shape index (κ2) is 6.57. The van der Waals surface area contributed by atoms with Gasteiger partial charge in [0.15, 0.2) is 0 Å². The summed E-state index contributed by atoms with van der Waals surface area (Å²) in [4.78, 5) is 6.88. The monoisotopic (exact) mass is 273 g/mol. The Morgan fingerprint density at radius 1 is 1.10 bits per heavy atom. The average molecular weight is 273 g/mol. The number of nitrogens with zero attached hydrogens (tertiary/aromatic N) is 2. The zero-order valence-electron chi connectivity index (χ0n) is 12.6. The third-order valence-corrected chi connectivity index (χ3v) is 4.88. The van der Waals surface area contributed by atoms with Crippen LogP contribution in [0.1, 0.15) is 45.4 Å². The molecule has 1 aromatic rings. The van der Waals surface area contributed by atoms with Crippen LogP contribution in [0.2, 0.25) is 0 Å². The van der Waals surface area contributed by atoms with Gasteiger partial charge in [-0.25, -0.2) is 4.98 Å². The van der Waals surface area contributed by atoms with E-state index in [9.17, 15) is 0 Å². The summed E-state index contributed by atoms with van der Waals surface area (Å²) in [7, 11) is 0. The molecule has 1 saturated heterocycles. The van der Waals surface area contributed by atoms with Gasteiger partial charge in [0.25, 0.3) is 0 Å². The first kappa shape index (κ1) is 13.9. The normalized spacial score (nSPS) is 28.6. The van der Waals surface area contributed by atoms with Crippen molar-refractivity contribution >= 4 is 5.82 Å². The minimum atomic E-state index is 0.713. The molecule has 0 aromatic carbocycles. The zero-order chi connectivity index (χ0) is 13.8. The van der Waals surface area contributed by atoms with Crippen molar-refractivity contribution < 1.29 is 0 Å². The van der Waals surface area contributed by atoms with Crippen molar-refractivity contribution in [2.24, 2.45) is 5.92 Å². The minimum Gasteiger partial charge on any atom is -0.357 e. The predicted octanol–water partition coefficient (Wildman–Crippen LogP) is 3.22. The third kappa shape index (κ3) is 3.51. The Kier molecular flexibility index (Phi) is 4.56. The number of aromatic nitrogens is 1. The molecule has 0 bridgehead atoms. The summed E-state index contributed by atoms with van der Waals surface area (Å²) in [5.41, 5.74) is 0. The lowest BCUT2D eigenvalue weighted by Crippen LogP contribution is -2.47. The maximum absolute atomic E-state index is 4.46. The first-order valence-electron chi connectivity index (χ1n) is 8.23. The van der Waals surface area contributed by atoms with Crippen molar-refractivity contribution in [2.75, 3.05) is 18.0 Å². The van der Waals surface area contributed by atoms with Crippen molar-refractivity contribution in [1.82, 2.24) is 10.3 Å². The van der Waals surface area contributed by atoms with Crippen molar-refractivity contribution in [3.8, 4) is 0 Å². The van der Waals surface area contributed by atoms with Crippen LogP contribution in [-0.2, 0) is 0 Å². The maximum atomic E-state index is 4.46. The molecule has 3 heteroatoms. The number of hydrogen-bond donors (Lipinski definition) is 1. The molecule has 2 aliphatic rings. The summed E-state index contributed by atoms with van der Waals surface area (Å²) in [6.45, 7) is 4.67. The van der Waals surface area contributed by atoms with E-state index in [4.69, 9.17) is 0 Å². The van der Waals surface area contributed by atoms with Crippen LogP contribution < -0.4 is 10.2 Å². The highest BCUT2D eigenvalue weighted by atomic mass is 15.2. The Balaban J connectivity index is 1.46. The Hall–Kier alpha value is -1.09. The summed E-state index contributed by atoms with van der Waals surface area (Å²) in [6, 6.07) is 7.67. The van der Waals surface area contributed by atoms with Crippen molar-refractivity contribution in [1.29, 1.82) is 0 Å². The molecule has 1 N–H and O–H groups in total. The quantitative estimate of drug-likeness (QED) is 0.916. The number of pyridine rings is 1. The van der Waals surface area contributed by atoms with Crippen molar-refractivity contribution in [2.45, 2.75) is 57.5 Å². The molecule has 1 saturated carbocycles. The van der Waals surface area contributed by atoms with E-state index in [2.05, 4.69) is 34.3 Å². The molecule has 0 amide bonds. The lowest BCUT2D eigenvalue weighted by molar-refractivity contribution is 0.264. The largest absolute Gasteiger partial charge is 0.357 e. The molecule has 2 atom stereocenters. The summed E-state index contributed by atoms with van der Waals surface area (Å²) in [5.74, 6) is 2.05. The molecular formula is C17H27N3. The number of anilines is 1. The fourth-order valence-corrected chi connectivity index (χ4v) is 3.73. The molecule has 1 aromatic heterocycles. The molecule has 3 nitrogen and oxygen atoms in total. The first-order valence-corrected chi connectivity index (χ1v) is 8.23. The van der Waals surface area contributed by atoms with Gasteiger partial charge in [-0.05, 0) is 43.7 Å². The van der Waals surface area contributed by atoms with Gasteiger partial charge in [-0.3, -0.25) is 0 Å². The highest BCUT2D eigenvalue weighted by molar-refractivity contribution is 5.38. The van der Waals surface area contributed by atoms with Crippen molar-refractivity contribution in [3.05, 3.63) is 24.4 Å². The molecule has 1 aliphatic carbocycles.